The zero-order valence-corrected chi connectivity index (χ0v) is 23.7. The molecule has 0 fully saturated rings. The highest BCUT2D eigenvalue weighted by Crippen LogP contribution is 2.42. The standard InChI is InChI=1S/C28H28F3N5O5S/c1-4-41-24-16(12-21(32)37)11-20(35-22(24)15-7-5-14(2)6-8-15)27(39,28(29,30)31)13-34-25(38)17-9-18(40-3)23-19(10-17)42-26(33)36-23/h5-11,39H,4,12-13H2,1-3H3,(H2,32,37)(H2,33,36)(H,34,38)/t27-/m0/s1. The molecule has 222 valence electrons. The van der Waals surface area contributed by atoms with Crippen LogP contribution in [0.15, 0.2) is 42.5 Å². The van der Waals surface area contributed by atoms with Crippen LogP contribution >= 0.6 is 11.3 Å². The Kier molecular flexibility index (Phi) is 8.59. The van der Waals surface area contributed by atoms with Gasteiger partial charge >= 0.3 is 6.18 Å². The van der Waals surface area contributed by atoms with E-state index in [-0.39, 0.29) is 40.1 Å². The summed E-state index contributed by atoms with van der Waals surface area (Å²) >= 11 is 1.07. The number of hydrogen-bond acceptors (Lipinski definition) is 9. The van der Waals surface area contributed by atoms with E-state index < -0.39 is 42.3 Å². The summed E-state index contributed by atoms with van der Waals surface area (Å²) in [5.41, 5.74) is 8.22. The van der Waals surface area contributed by atoms with E-state index in [0.29, 0.717) is 15.8 Å². The molecular formula is C28H28F3N5O5S. The number of benzene rings is 2. The van der Waals surface area contributed by atoms with Crippen LogP contribution < -0.4 is 26.3 Å². The molecule has 0 saturated heterocycles. The van der Waals surface area contributed by atoms with E-state index in [1.54, 1.807) is 31.2 Å². The lowest BCUT2D eigenvalue weighted by Gasteiger charge is -2.31. The molecule has 14 heteroatoms. The first kappa shape index (κ1) is 30.5. The summed E-state index contributed by atoms with van der Waals surface area (Å²) in [4.78, 5) is 33.2. The Balaban J connectivity index is 1.80. The summed E-state index contributed by atoms with van der Waals surface area (Å²) in [7, 11) is 1.35. The minimum absolute atomic E-state index is 0.00287. The summed E-state index contributed by atoms with van der Waals surface area (Å²) < 4.78 is 55.2. The first-order valence-corrected chi connectivity index (χ1v) is 13.4. The molecule has 1 atom stereocenters. The van der Waals surface area contributed by atoms with Gasteiger partial charge in [-0.3, -0.25) is 9.59 Å². The van der Waals surface area contributed by atoms with Gasteiger partial charge in [0.2, 0.25) is 11.5 Å². The fourth-order valence-corrected chi connectivity index (χ4v) is 5.07. The second-order valence-electron chi connectivity index (χ2n) is 9.40. The van der Waals surface area contributed by atoms with Gasteiger partial charge < -0.3 is 31.4 Å². The SMILES string of the molecule is CCOc1c(CC(N)=O)cc([C@@](O)(CNC(=O)c2cc(OC)c3nc(N)sc3c2)C(F)(F)F)nc1-c1ccc(C)cc1. The summed E-state index contributed by atoms with van der Waals surface area (Å²) in [5, 5.41) is 13.5. The Morgan fingerprint density at radius 3 is 2.40 bits per heavy atom. The summed E-state index contributed by atoms with van der Waals surface area (Å²) in [6.07, 6.45) is -5.79. The molecule has 42 heavy (non-hydrogen) atoms. The lowest BCUT2D eigenvalue weighted by Crippen LogP contribution is -2.51. The van der Waals surface area contributed by atoms with Crippen molar-refractivity contribution in [3.05, 3.63) is 64.8 Å². The number of fused-ring (bicyclic) bond motifs is 1. The molecular weight excluding hydrogens is 575 g/mol. The number of aromatic nitrogens is 2. The van der Waals surface area contributed by atoms with Gasteiger partial charge in [0.1, 0.15) is 22.7 Å². The molecule has 6 N–H and O–H groups in total. The number of thiazole rings is 1. The average molecular weight is 604 g/mol. The van der Waals surface area contributed by atoms with Gasteiger partial charge in [-0.1, -0.05) is 41.2 Å². The largest absolute Gasteiger partial charge is 0.494 e. The molecule has 0 radical (unpaired) electrons. The van der Waals surface area contributed by atoms with E-state index in [0.717, 1.165) is 23.0 Å². The van der Waals surface area contributed by atoms with E-state index in [1.165, 1.54) is 19.2 Å². The van der Waals surface area contributed by atoms with Crippen LogP contribution in [0, 0.1) is 6.92 Å². The first-order chi connectivity index (χ1) is 19.8. The van der Waals surface area contributed by atoms with Crippen molar-refractivity contribution in [2.24, 2.45) is 5.73 Å². The van der Waals surface area contributed by atoms with Gasteiger partial charge in [0.15, 0.2) is 5.13 Å². The van der Waals surface area contributed by atoms with Crippen molar-refractivity contribution in [1.82, 2.24) is 15.3 Å². The highest BCUT2D eigenvalue weighted by molar-refractivity contribution is 7.22. The number of carbonyl (C=O) groups is 2. The Morgan fingerprint density at radius 2 is 1.81 bits per heavy atom. The van der Waals surface area contributed by atoms with E-state index in [9.17, 15) is 27.9 Å². The smallest absolute Gasteiger partial charge is 0.424 e. The number of halogens is 3. The van der Waals surface area contributed by atoms with Crippen molar-refractivity contribution in [1.29, 1.82) is 0 Å². The van der Waals surface area contributed by atoms with Crippen LogP contribution in [0.2, 0.25) is 0 Å². The number of nitrogens with two attached hydrogens (primary N) is 2. The molecule has 2 aromatic carbocycles. The normalized spacial score (nSPS) is 13.0. The molecule has 0 aliphatic rings. The predicted octanol–water partition coefficient (Wildman–Crippen LogP) is 3.86. The second-order valence-corrected chi connectivity index (χ2v) is 10.5. The number of amides is 2. The molecule has 0 aliphatic heterocycles. The van der Waals surface area contributed by atoms with Gasteiger partial charge in [-0.2, -0.15) is 13.2 Å². The second kappa shape index (κ2) is 11.8. The highest BCUT2D eigenvalue weighted by atomic mass is 32.1. The van der Waals surface area contributed by atoms with Crippen LogP contribution in [0.1, 0.15) is 34.1 Å². The lowest BCUT2D eigenvalue weighted by atomic mass is 9.93. The topological polar surface area (TPSA) is 163 Å². The Labute approximate surface area is 242 Å². The zero-order chi connectivity index (χ0) is 30.8. The fraction of sp³-hybridized carbons (Fsp3) is 0.286. The number of nitrogen functional groups attached to an aromatic ring is 1. The maximum atomic E-state index is 14.6. The number of hydrogen-bond donors (Lipinski definition) is 4. The van der Waals surface area contributed by atoms with Crippen LogP contribution in [0.25, 0.3) is 21.5 Å². The van der Waals surface area contributed by atoms with Crippen molar-refractivity contribution >= 4 is 38.5 Å². The van der Waals surface area contributed by atoms with Crippen molar-refractivity contribution < 1.29 is 37.3 Å². The monoisotopic (exact) mass is 603 g/mol. The van der Waals surface area contributed by atoms with E-state index >= 15 is 0 Å². The van der Waals surface area contributed by atoms with Crippen LogP contribution in [-0.2, 0) is 16.8 Å². The number of primary amides is 1. The predicted molar refractivity (Wildman–Crippen MR) is 151 cm³/mol. The Bertz CT molecular complexity index is 1640. The number of pyridine rings is 1. The molecule has 4 rings (SSSR count). The van der Waals surface area contributed by atoms with Crippen molar-refractivity contribution in [2.75, 3.05) is 26.0 Å². The number of ether oxygens (including phenoxy) is 2. The van der Waals surface area contributed by atoms with Crippen LogP contribution in [0.4, 0.5) is 18.3 Å². The molecule has 10 nitrogen and oxygen atoms in total. The van der Waals surface area contributed by atoms with Crippen LogP contribution in [-0.4, -0.2) is 53.3 Å². The van der Waals surface area contributed by atoms with Gasteiger partial charge in [-0.25, -0.2) is 9.97 Å². The number of aryl methyl sites for hydroxylation is 1. The maximum absolute atomic E-state index is 14.6. The Morgan fingerprint density at radius 1 is 1.12 bits per heavy atom. The quantitative estimate of drug-likeness (QED) is 0.212. The number of alkyl halides is 3. The Hall–Kier alpha value is -4.43. The molecule has 0 unspecified atom stereocenters. The minimum atomic E-state index is -5.30. The van der Waals surface area contributed by atoms with Gasteiger partial charge in [0.25, 0.3) is 5.91 Å². The molecule has 4 aromatic rings. The molecule has 2 heterocycles. The van der Waals surface area contributed by atoms with Crippen LogP contribution in [0.5, 0.6) is 11.5 Å². The molecule has 0 aliphatic carbocycles. The highest BCUT2D eigenvalue weighted by Gasteiger charge is 2.56. The molecule has 0 bridgehead atoms. The van der Waals surface area contributed by atoms with E-state index in [4.69, 9.17) is 20.9 Å². The van der Waals surface area contributed by atoms with Crippen molar-refractivity contribution in [2.45, 2.75) is 32.0 Å². The third-order valence-corrected chi connectivity index (χ3v) is 7.22. The summed E-state index contributed by atoms with van der Waals surface area (Å²) in [6.45, 7) is 2.31. The van der Waals surface area contributed by atoms with Gasteiger partial charge in [0.05, 0.1) is 37.1 Å². The maximum Gasteiger partial charge on any atom is 0.424 e. The zero-order valence-electron chi connectivity index (χ0n) is 22.8. The molecule has 0 saturated carbocycles. The van der Waals surface area contributed by atoms with Gasteiger partial charge in [-0.05, 0) is 32.0 Å². The molecule has 2 aromatic heterocycles. The van der Waals surface area contributed by atoms with E-state index in [2.05, 4.69) is 15.3 Å². The average Bonchev–Trinajstić information content (AvgIpc) is 3.31. The first-order valence-electron chi connectivity index (χ1n) is 12.6. The number of nitrogens with zero attached hydrogens (tertiary/aromatic N) is 2. The van der Waals surface area contributed by atoms with Gasteiger partial charge in [-0.15, -0.1) is 0 Å². The number of anilines is 1. The van der Waals surface area contributed by atoms with E-state index in [1.807, 2.05) is 6.92 Å². The summed E-state index contributed by atoms with van der Waals surface area (Å²) in [5.74, 6) is -1.50. The number of methoxy groups -OCH3 is 1. The van der Waals surface area contributed by atoms with Gasteiger partial charge in [0, 0.05) is 16.7 Å². The minimum Gasteiger partial charge on any atom is -0.494 e. The van der Waals surface area contributed by atoms with Crippen molar-refractivity contribution in [3.8, 4) is 22.8 Å². The molecule has 2 amide bonds. The van der Waals surface area contributed by atoms with Crippen LogP contribution in [0.3, 0.4) is 0 Å². The fourth-order valence-electron chi connectivity index (χ4n) is 4.28. The third-order valence-electron chi connectivity index (χ3n) is 6.38. The number of nitrogens with one attached hydrogen (secondary N) is 1. The summed E-state index contributed by atoms with van der Waals surface area (Å²) in [6, 6.07) is 10.3. The molecule has 0 spiro atoms. The number of carbonyl (C=O) groups excluding carboxylic acids is 2. The lowest BCUT2D eigenvalue weighted by molar-refractivity contribution is -0.265. The number of aliphatic hydroxyl groups is 1. The third kappa shape index (κ3) is 6.09. The number of rotatable bonds is 10. The van der Waals surface area contributed by atoms with Crippen molar-refractivity contribution in [3.63, 3.8) is 0 Å².